The molecule has 17 heavy (non-hydrogen) atoms. The fourth-order valence-electron chi connectivity index (χ4n) is 2.21. The number of anilines is 1. The van der Waals surface area contributed by atoms with Crippen molar-refractivity contribution >= 4 is 17.4 Å². The second kappa shape index (κ2) is 5.26. The lowest BCUT2D eigenvalue weighted by Gasteiger charge is -2.31. The molecule has 3 heteroatoms. The molecule has 2 rings (SSSR count). The van der Waals surface area contributed by atoms with Crippen LogP contribution >= 0.6 is 11.6 Å². The molecule has 1 fully saturated rings. The van der Waals surface area contributed by atoms with Crippen LogP contribution in [0.25, 0.3) is 0 Å². The highest BCUT2D eigenvalue weighted by atomic mass is 35.5. The average molecular weight is 253 g/mol. The van der Waals surface area contributed by atoms with Crippen molar-refractivity contribution < 1.29 is 0 Å². The van der Waals surface area contributed by atoms with Gasteiger partial charge in [-0.2, -0.15) is 0 Å². The molecule has 0 radical (unpaired) electrons. The van der Waals surface area contributed by atoms with E-state index in [4.69, 9.17) is 11.6 Å². The predicted octanol–water partition coefficient (Wildman–Crippen LogP) is 4.09. The van der Waals surface area contributed by atoms with Crippen LogP contribution in [0.5, 0.6) is 0 Å². The van der Waals surface area contributed by atoms with E-state index in [0.717, 1.165) is 29.8 Å². The molecule has 0 bridgehead atoms. The molecule has 0 amide bonds. The Morgan fingerprint density at radius 1 is 1.35 bits per heavy atom. The van der Waals surface area contributed by atoms with Gasteiger partial charge < -0.3 is 4.90 Å². The Morgan fingerprint density at radius 3 is 2.53 bits per heavy atom. The van der Waals surface area contributed by atoms with Crippen molar-refractivity contribution in [3.05, 3.63) is 22.8 Å². The lowest BCUT2D eigenvalue weighted by molar-refractivity contribution is 0.436. The summed E-state index contributed by atoms with van der Waals surface area (Å²) in [6, 6.07) is 2.06. The van der Waals surface area contributed by atoms with Crippen molar-refractivity contribution in [1.29, 1.82) is 0 Å². The van der Waals surface area contributed by atoms with Crippen molar-refractivity contribution in [1.82, 2.24) is 4.98 Å². The fourth-order valence-corrected chi connectivity index (χ4v) is 2.51. The van der Waals surface area contributed by atoms with E-state index in [1.54, 1.807) is 0 Å². The van der Waals surface area contributed by atoms with Gasteiger partial charge in [0.15, 0.2) is 0 Å². The van der Waals surface area contributed by atoms with E-state index in [-0.39, 0.29) is 0 Å². The van der Waals surface area contributed by atoms with Gasteiger partial charge in [-0.05, 0) is 36.3 Å². The molecule has 0 N–H and O–H groups in total. The molecular formula is C14H21ClN2. The normalized spacial score (nSPS) is 17.8. The number of hydrogen-bond donors (Lipinski definition) is 0. The summed E-state index contributed by atoms with van der Waals surface area (Å²) in [6.07, 6.45) is 4.44. The Hall–Kier alpha value is -0.760. The molecular weight excluding hydrogens is 232 g/mol. The number of piperidine rings is 1. The summed E-state index contributed by atoms with van der Waals surface area (Å²) in [5.41, 5.74) is 1.21. The standard InChI is InChI=1S/C14H21ClN2/c1-10(2)12-8-13(15)14(16-9-12)17-6-4-11(3)5-7-17/h8-11H,4-7H2,1-3H3. The first-order valence-corrected chi connectivity index (χ1v) is 6.86. The van der Waals surface area contributed by atoms with E-state index < -0.39 is 0 Å². The molecule has 1 aromatic rings. The quantitative estimate of drug-likeness (QED) is 0.788. The summed E-state index contributed by atoms with van der Waals surface area (Å²) in [4.78, 5) is 6.85. The minimum atomic E-state index is 0.482. The summed E-state index contributed by atoms with van der Waals surface area (Å²) in [5, 5.41) is 0.797. The molecule has 0 unspecified atom stereocenters. The number of pyridine rings is 1. The molecule has 2 heterocycles. The first-order chi connectivity index (χ1) is 8.08. The molecule has 1 saturated heterocycles. The third-order valence-corrected chi connectivity index (χ3v) is 3.87. The van der Waals surface area contributed by atoms with E-state index in [2.05, 4.69) is 36.7 Å². The Labute approximate surface area is 109 Å². The van der Waals surface area contributed by atoms with Gasteiger partial charge in [0.2, 0.25) is 0 Å². The van der Waals surface area contributed by atoms with Gasteiger partial charge in [-0.15, -0.1) is 0 Å². The van der Waals surface area contributed by atoms with Gasteiger partial charge >= 0.3 is 0 Å². The highest BCUT2D eigenvalue weighted by Crippen LogP contribution is 2.29. The van der Waals surface area contributed by atoms with Crippen LogP contribution in [0.2, 0.25) is 5.02 Å². The van der Waals surface area contributed by atoms with Crippen molar-refractivity contribution in [2.75, 3.05) is 18.0 Å². The second-order valence-electron chi connectivity index (χ2n) is 5.40. The third-order valence-electron chi connectivity index (χ3n) is 3.59. The van der Waals surface area contributed by atoms with E-state index in [0.29, 0.717) is 5.92 Å². The Kier molecular flexibility index (Phi) is 3.93. The van der Waals surface area contributed by atoms with Crippen molar-refractivity contribution in [2.24, 2.45) is 5.92 Å². The van der Waals surface area contributed by atoms with E-state index in [1.807, 2.05) is 6.20 Å². The van der Waals surface area contributed by atoms with E-state index in [1.165, 1.54) is 18.4 Å². The number of hydrogen-bond acceptors (Lipinski definition) is 2. The molecule has 0 aliphatic carbocycles. The summed E-state index contributed by atoms with van der Waals surface area (Å²) in [7, 11) is 0. The first kappa shape index (κ1) is 12.7. The summed E-state index contributed by atoms with van der Waals surface area (Å²) >= 11 is 6.34. The van der Waals surface area contributed by atoms with Gasteiger partial charge in [-0.25, -0.2) is 4.98 Å². The maximum absolute atomic E-state index is 6.34. The molecule has 0 spiro atoms. The topological polar surface area (TPSA) is 16.1 Å². The van der Waals surface area contributed by atoms with Crippen LogP contribution in [0.4, 0.5) is 5.82 Å². The fraction of sp³-hybridized carbons (Fsp3) is 0.643. The minimum Gasteiger partial charge on any atom is -0.355 e. The van der Waals surface area contributed by atoms with E-state index in [9.17, 15) is 0 Å². The predicted molar refractivity (Wildman–Crippen MR) is 73.9 cm³/mol. The van der Waals surface area contributed by atoms with Crippen LogP contribution < -0.4 is 4.90 Å². The van der Waals surface area contributed by atoms with E-state index >= 15 is 0 Å². The average Bonchev–Trinajstić information content (AvgIpc) is 2.30. The zero-order valence-electron chi connectivity index (χ0n) is 10.9. The first-order valence-electron chi connectivity index (χ1n) is 6.48. The number of halogens is 1. The number of aromatic nitrogens is 1. The minimum absolute atomic E-state index is 0.482. The Bertz CT molecular complexity index is 382. The summed E-state index contributed by atoms with van der Waals surface area (Å²) < 4.78 is 0. The largest absolute Gasteiger partial charge is 0.355 e. The van der Waals surface area contributed by atoms with Crippen LogP contribution in [0.15, 0.2) is 12.3 Å². The number of nitrogens with zero attached hydrogens (tertiary/aromatic N) is 2. The summed E-state index contributed by atoms with van der Waals surface area (Å²) in [6.45, 7) is 8.79. The molecule has 1 aromatic heterocycles. The molecule has 94 valence electrons. The molecule has 0 atom stereocenters. The van der Waals surface area contributed by atoms with Crippen molar-refractivity contribution in [3.63, 3.8) is 0 Å². The van der Waals surface area contributed by atoms with Gasteiger partial charge in [-0.1, -0.05) is 32.4 Å². The van der Waals surface area contributed by atoms with Gasteiger partial charge in [0, 0.05) is 19.3 Å². The monoisotopic (exact) mass is 252 g/mol. The molecule has 2 nitrogen and oxygen atoms in total. The second-order valence-corrected chi connectivity index (χ2v) is 5.81. The van der Waals surface area contributed by atoms with Crippen LogP contribution in [0, 0.1) is 5.92 Å². The molecule has 0 saturated carbocycles. The Balaban J connectivity index is 2.16. The van der Waals surface area contributed by atoms with Crippen molar-refractivity contribution in [3.8, 4) is 0 Å². The lowest BCUT2D eigenvalue weighted by Crippen LogP contribution is -2.33. The van der Waals surface area contributed by atoms with Crippen LogP contribution in [-0.2, 0) is 0 Å². The van der Waals surface area contributed by atoms with Gasteiger partial charge in [0.1, 0.15) is 5.82 Å². The zero-order chi connectivity index (χ0) is 12.4. The molecule has 0 aromatic carbocycles. The number of rotatable bonds is 2. The molecule has 1 aliphatic rings. The van der Waals surface area contributed by atoms with Crippen LogP contribution in [0.1, 0.15) is 45.1 Å². The molecule has 1 aliphatic heterocycles. The highest BCUT2D eigenvalue weighted by Gasteiger charge is 2.19. The van der Waals surface area contributed by atoms with Gasteiger partial charge in [0.25, 0.3) is 0 Å². The SMILES string of the molecule is CC1CCN(c2ncc(C(C)C)cc2Cl)CC1. The van der Waals surface area contributed by atoms with Crippen LogP contribution in [-0.4, -0.2) is 18.1 Å². The Morgan fingerprint density at radius 2 is 2.00 bits per heavy atom. The lowest BCUT2D eigenvalue weighted by atomic mass is 9.99. The van der Waals surface area contributed by atoms with Crippen LogP contribution in [0.3, 0.4) is 0 Å². The zero-order valence-corrected chi connectivity index (χ0v) is 11.7. The third kappa shape index (κ3) is 2.92. The maximum atomic E-state index is 6.34. The highest BCUT2D eigenvalue weighted by molar-refractivity contribution is 6.33. The summed E-state index contributed by atoms with van der Waals surface area (Å²) in [5.74, 6) is 2.28. The van der Waals surface area contributed by atoms with Gasteiger partial charge in [-0.3, -0.25) is 0 Å². The van der Waals surface area contributed by atoms with Crippen molar-refractivity contribution in [2.45, 2.75) is 39.5 Å². The van der Waals surface area contributed by atoms with Gasteiger partial charge in [0.05, 0.1) is 5.02 Å². The smallest absolute Gasteiger partial charge is 0.147 e. The maximum Gasteiger partial charge on any atom is 0.147 e.